The van der Waals surface area contributed by atoms with Crippen LogP contribution in [-0.2, 0) is 19.6 Å². The molecule has 2 aromatic rings. The average molecular weight is 453 g/mol. The summed E-state index contributed by atoms with van der Waals surface area (Å²) in [5, 5.41) is 2.51. The van der Waals surface area contributed by atoms with Gasteiger partial charge in [0, 0.05) is 11.8 Å². The molecular weight excluding hydrogens is 428 g/mol. The van der Waals surface area contributed by atoms with Crippen LogP contribution in [0, 0.1) is 0 Å². The van der Waals surface area contributed by atoms with Crippen LogP contribution >= 0.6 is 11.8 Å². The van der Waals surface area contributed by atoms with E-state index in [1.54, 1.807) is 37.3 Å². The first-order valence-corrected chi connectivity index (χ1v) is 12.0. The Bertz CT molecular complexity index is 951. The number of anilines is 1. The predicted molar refractivity (Wildman–Crippen MR) is 116 cm³/mol. The molecule has 2 rings (SSSR count). The molecule has 0 saturated heterocycles. The minimum atomic E-state index is -3.89. The van der Waals surface area contributed by atoms with Gasteiger partial charge in [-0.1, -0.05) is 24.3 Å². The fourth-order valence-corrected chi connectivity index (χ4v) is 4.14. The summed E-state index contributed by atoms with van der Waals surface area (Å²) in [5.74, 6) is -0.0131. The normalized spacial score (nSPS) is 12.1. The number of amides is 1. The highest BCUT2D eigenvalue weighted by Gasteiger charge is 2.27. The van der Waals surface area contributed by atoms with Gasteiger partial charge in [0.05, 0.1) is 11.5 Å². The van der Waals surface area contributed by atoms with Gasteiger partial charge in [-0.15, -0.1) is 0 Å². The Morgan fingerprint density at radius 2 is 1.83 bits per heavy atom. The Hall–Kier alpha value is -2.56. The number of hydrogen-bond acceptors (Lipinski definition) is 7. The molecule has 0 saturated carbocycles. The van der Waals surface area contributed by atoms with Gasteiger partial charge in [-0.3, -0.25) is 5.32 Å². The van der Waals surface area contributed by atoms with E-state index < -0.39 is 28.1 Å². The van der Waals surface area contributed by atoms with E-state index in [0.29, 0.717) is 11.4 Å². The molecule has 2 aromatic carbocycles. The summed E-state index contributed by atoms with van der Waals surface area (Å²) in [5.41, 5.74) is 0.379. The van der Waals surface area contributed by atoms with Gasteiger partial charge in [0.25, 0.3) is 0 Å². The summed E-state index contributed by atoms with van der Waals surface area (Å²) >= 11 is 1.49. The van der Waals surface area contributed by atoms with Crippen LogP contribution in [0.15, 0.2) is 59.5 Å². The second-order valence-electron chi connectivity index (χ2n) is 6.06. The molecule has 30 heavy (non-hydrogen) atoms. The minimum absolute atomic E-state index is 0.0626. The smallest absolute Gasteiger partial charge is 0.411 e. The molecule has 0 aliphatic heterocycles. The maximum atomic E-state index is 12.7. The Morgan fingerprint density at radius 3 is 2.50 bits per heavy atom. The molecule has 0 heterocycles. The number of benzene rings is 2. The average Bonchev–Trinajstić information content (AvgIpc) is 2.72. The largest absolute Gasteiger partial charge is 0.450 e. The van der Waals surface area contributed by atoms with Crippen molar-refractivity contribution in [1.82, 2.24) is 4.72 Å². The SMILES string of the molecule is CCOC(=O)Nc1cccc(OC(=O)C(CCSC)NS(=O)(=O)c2ccccc2)c1. The minimum Gasteiger partial charge on any atom is -0.450 e. The van der Waals surface area contributed by atoms with Gasteiger partial charge in [-0.2, -0.15) is 16.5 Å². The number of rotatable bonds is 10. The molecule has 0 bridgehead atoms. The van der Waals surface area contributed by atoms with E-state index in [4.69, 9.17) is 9.47 Å². The molecule has 0 aliphatic rings. The van der Waals surface area contributed by atoms with E-state index >= 15 is 0 Å². The van der Waals surface area contributed by atoms with Gasteiger partial charge < -0.3 is 9.47 Å². The van der Waals surface area contributed by atoms with Gasteiger partial charge in [0.2, 0.25) is 10.0 Å². The molecular formula is C20H24N2O6S2. The van der Waals surface area contributed by atoms with Gasteiger partial charge in [0.1, 0.15) is 11.8 Å². The molecule has 0 aromatic heterocycles. The number of hydrogen-bond donors (Lipinski definition) is 2. The number of thioether (sulfide) groups is 1. The van der Waals surface area contributed by atoms with Crippen molar-refractivity contribution in [3.8, 4) is 5.75 Å². The van der Waals surface area contributed by atoms with E-state index in [0.717, 1.165) is 0 Å². The number of esters is 1. The van der Waals surface area contributed by atoms with E-state index in [2.05, 4.69) is 10.0 Å². The first kappa shape index (κ1) is 23.7. The number of nitrogens with one attached hydrogen (secondary N) is 2. The second-order valence-corrected chi connectivity index (χ2v) is 8.76. The van der Waals surface area contributed by atoms with Crippen molar-refractivity contribution in [2.24, 2.45) is 0 Å². The zero-order valence-electron chi connectivity index (χ0n) is 16.7. The summed E-state index contributed by atoms with van der Waals surface area (Å²) in [6.45, 7) is 1.90. The third-order valence-electron chi connectivity index (χ3n) is 3.82. The van der Waals surface area contributed by atoms with Crippen molar-refractivity contribution in [1.29, 1.82) is 0 Å². The zero-order valence-corrected chi connectivity index (χ0v) is 18.3. The van der Waals surface area contributed by atoms with Crippen LogP contribution in [0.25, 0.3) is 0 Å². The molecule has 0 radical (unpaired) electrons. The molecule has 8 nitrogen and oxygen atoms in total. The Kier molecular flexibility index (Phi) is 9.15. The fraction of sp³-hybridized carbons (Fsp3) is 0.300. The highest BCUT2D eigenvalue weighted by molar-refractivity contribution is 7.98. The van der Waals surface area contributed by atoms with Crippen LogP contribution in [0.4, 0.5) is 10.5 Å². The summed E-state index contributed by atoms with van der Waals surface area (Å²) < 4.78 is 37.8. The topological polar surface area (TPSA) is 111 Å². The van der Waals surface area contributed by atoms with Crippen LogP contribution < -0.4 is 14.8 Å². The lowest BCUT2D eigenvalue weighted by atomic mass is 10.2. The molecule has 162 valence electrons. The van der Waals surface area contributed by atoms with Gasteiger partial charge >= 0.3 is 12.1 Å². The lowest BCUT2D eigenvalue weighted by Crippen LogP contribution is -2.43. The van der Waals surface area contributed by atoms with Crippen molar-refractivity contribution in [3.63, 3.8) is 0 Å². The molecule has 1 atom stereocenters. The fourth-order valence-electron chi connectivity index (χ4n) is 2.43. The highest BCUT2D eigenvalue weighted by atomic mass is 32.2. The third kappa shape index (κ3) is 7.36. The first-order chi connectivity index (χ1) is 14.4. The van der Waals surface area contributed by atoms with Crippen molar-refractivity contribution in [2.75, 3.05) is 23.9 Å². The van der Waals surface area contributed by atoms with E-state index in [1.807, 2.05) is 6.26 Å². The van der Waals surface area contributed by atoms with Crippen LogP contribution in [0.2, 0.25) is 0 Å². The quantitative estimate of drug-likeness (QED) is 0.420. The number of sulfonamides is 1. The zero-order chi connectivity index (χ0) is 22.0. The number of carbonyl (C=O) groups is 2. The number of ether oxygens (including phenoxy) is 2. The molecule has 2 N–H and O–H groups in total. The van der Waals surface area contributed by atoms with Crippen LogP contribution in [0.3, 0.4) is 0 Å². The van der Waals surface area contributed by atoms with Crippen molar-refractivity contribution >= 4 is 39.5 Å². The van der Waals surface area contributed by atoms with Gasteiger partial charge in [-0.05, 0) is 49.6 Å². The molecule has 10 heteroatoms. The van der Waals surface area contributed by atoms with E-state index in [-0.39, 0.29) is 23.7 Å². The monoisotopic (exact) mass is 452 g/mol. The van der Waals surface area contributed by atoms with Crippen molar-refractivity contribution in [3.05, 3.63) is 54.6 Å². The van der Waals surface area contributed by atoms with Gasteiger partial charge in [0.15, 0.2) is 0 Å². The molecule has 0 spiro atoms. The molecule has 1 amide bonds. The van der Waals surface area contributed by atoms with Crippen LogP contribution in [-0.4, -0.2) is 45.1 Å². The Balaban J connectivity index is 2.13. The predicted octanol–water partition coefficient (Wildman–Crippen LogP) is 3.26. The van der Waals surface area contributed by atoms with Crippen LogP contribution in [0.1, 0.15) is 13.3 Å². The molecule has 1 unspecified atom stereocenters. The summed E-state index contributed by atoms with van der Waals surface area (Å²) in [6, 6.07) is 12.9. The highest BCUT2D eigenvalue weighted by Crippen LogP contribution is 2.19. The summed E-state index contributed by atoms with van der Waals surface area (Å²) in [7, 11) is -3.89. The van der Waals surface area contributed by atoms with Crippen LogP contribution in [0.5, 0.6) is 5.75 Å². The number of carbonyl (C=O) groups excluding carboxylic acids is 2. The lowest BCUT2D eigenvalue weighted by Gasteiger charge is -2.17. The Morgan fingerprint density at radius 1 is 1.10 bits per heavy atom. The standard InChI is InChI=1S/C20H24N2O6S2/c1-3-27-20(24)21-15-8-7-9-16(14-15)28-19(23)18(12-13-29-2)22-30(25,26)17-10-5-4-6-11-17/h4-11,14,18,22H,3,12-13H2,1-2H3,(H,21,24). The molecule has 0 fully saturated rings. The van der Waals surface area contributed by atoms with Gasteiger partial charge in [-0.25, -0.2) is 18.0 Å². The lowest BCUT2D eigenvalue weighted by molar-refractivity contribution is -0.136. The van der Waals surface area contributed by atoms with E-state index in [1.165, 1.54) is 36.0 Å². The first-order valence-electron chi connectivity index (χ1n) is 9.17. The third-order valence-corrected chi connectivity index (χ3v) is 5.95. The van der Waals surface area contributed by atoms with E-state index in [9.17, 15) is 18.0 Å². The molecule has 0 aliphatic carbocycles. The summed E-state index contributed by atoms with van der Waals surface area (Å²) in [6.07, 6.45) is 1.49. The maximum Gasteiger partial charge on any atom is 0.411 e. The Labute approximate surface area is 180 Å². The summed E-state index contributed by atoms with van der Waals surface area (Å²) in [4.78, 5) is 24.3. The second kappa shape index (κ2) is 11.6. The van der Waals surface area contributed by atoms with Crippen molar-refractivity contribution in [2.45, 2.75) is 24.3 Å². The maximum absolute atomic E-state index is 12.7. The van der Waals surface area contributed by atoms with Crippen molar-refractivity contribution < 1.29 is 27.5 Å².